The molecule has 0 fully saturated rings. The molecule has 1 aliphatic heterocycles. The van der Waals surface area contributed by atoms with E-state index in [0.29, 0.717) is 31.1 Å². The van der Waals surface area contributed by atoms with Gasteiger partial charge in [-0.05, 0) is 6.07 Å². The number of rotatable bonds is 3. The summed E-state index contributed by atoms with van der Waals surface area (Å²) in [5, 5.41) is 7.85. The second kappa shape index (κ2) is 5.39. The van der Waals surface area contributed by atoms with Crippen LogP contribution in [0.2, 0.25) is 0 Å². The number of hydrogen-bond donors (Lipinski definition) is 0. The zero-order valence-electron chi connectivity index (χ0n) is 11.8. The van der Waals surface area contributed by atoms with Crippen LogP contribution >= 0.6 is 0 Å². The van der Waals surface area contributed by atoms with E-state index in [1.165, 1.54) is 14.2 Å². The second-order valence-corrected chi connectivity index (χ2v) is 4.58. The van der Waals surface area contributed by atoms with E-state index in [9.17, 15) is 4.79 Å². The summed E-state index contributed by atoms with van der Waals surface area (Å²) in [7, 11) is 2.99. The SMILES string of the molecule is COc1ccc(C(=O)N2CCn3cnnc3C2)c(OC)n1. The molecule has 8 nitrogen and oxygen atoms in total. The second-order valence-electron chi connectivity index (χ2n) is 4.58. The number of hydrogen-bond acceptors (Lipinski definition) is 6. The minimum absolute atomic E-state index is 0.142. The fraction of sp³-hybridized carbons (Fsp3) is 0.385. The van der Waals surface area contributed by atoms with Crippen LogP contribution in [0.5, 0.6) is 11.8 Å². The average Bonchev–Trinajstić information content (AvgIpc) is 3.01. The Balaban J connectivity index is 1.86. The number of aromatic nitrogens is 4. The number of pyridine rings is 1. The first-order chi connectivity index (χ1) is 10.2. The van der Waals surface area contributed by atoms with Crippen LogP contribution in [0.15, 0.2) is 18.5 Å². The quantitative estimate of drug-likeness (QED) is 0.810. The van der Waals surface area contributed by atoms with Crippen LogP contribution in [0.4, 0.5) is 0 Å². The van der Waals surface area contributed by atoms with Gasteiger partial charge in [-0.2, -0.15) is 4.98 Å². The Kier molecular flexibility index (Phi) is 3.43. The number of fused-ring (bicyclic) bond motifs is 1. The Morgan fingerprint density at radius 1 is 1.24 bits per heavy atom. The maximum Gasteiger partial charge on any atom is 0.259 e. The standard InChI is InChI=1S/C13H15N5O3/c1-20-11-4-3-9(12(15-11)21-2)13(19)17-5-6-18-8-14-16-10(18)7-17/h3-4,8H,5-7H2,1-2H3. The molecular formula is C13H15N5O3. The average molecular weight is 289 g/mol. The van der Waals surface area contributed by atoms with E-state index in [4.69, 9.17) is 9.47 Å². The molecule has 3 heterocycles. The van der Waals surface area contributed by atoms with E-state index in [1.807, 2.05) is 4.57 Å². The lowest BCUT2D eigenvalue weighted by Crippen LogP contribution is -2.38. The first-order valence-electron chi connectivity index (χ1n) is 6.48. The van der Waals surface area contributed by atoms with Crippen LogP contribution in [-0.4, -0.2) is 51.3 Å². The molecule has 0 bridgehead atoms. The van der Waals surface area contributed by atoms with Crippen molar-refractivity contribution in [2.75, 3.05) is 20.8 Å². The van der Waals surface area contributed by atoms with Crippen molar-refractivity contribution in [1.29, 1.82) is 0 Å². The smallest absolute Gasteiger partial charge is 0.259 e. The van der Waals surface area contributed by atoms with E-state index in [-0.39, 0.29) is 11.8 Å². The Morgan fingerprint density at radius 2 is 2.10 bits per heavy atom. The van der Waals surface area contributed by atoms with Gasteiger partial charge in [-0.1, -0.05) is 0 Å². The molecule has 2 aromatic rings. The van der Waals surface area contributed by atoms with Gasteiger partial charge in [-0.15, -0.1) is 10.2 Å². The molecule has 0 radical (unpaired) electrons. The third kappa shape index (κ3) is 2.39. The van der Waals surface area contributed by atoms with Gasteiger partial charge in [0.2, 0.25) is 11.8 Å². The highest BCUT2D eigenvalue weighted by Crippen LogP contribution is 2.22. The van der Waals surface area contributed by atoms with Gasteiger partial charge >= 0.3 is 0 Å². The summed E-state index contributed by atoms with van der Waals surface area (Å²) in [6.45, 7) is 1.70. The predicted molar refractivity (Wildman–Crippen MR) is 72.1 cm³/mol. The highest BCUT2D eigenvalue weighted by atomic mass is 16.5. The van der Waals surface area contributed by atoms with E-state index in [2.05, 4.69) is 15.2 Å². The molecule has 110 valence electrons. The highest BCUT2D eigenvalue weighted by Gasteiger charge is 2.25. The summed E-state index contributed by atoms with van der Waals surface area (Å²) >= 11 is 0. The lowest BCUT2D eigenvalue weighted by molar-refractivity contribution is 0.0703. The minimum Gasteiger partial charge on any atom is -0.481 e. The summed E-state index contributed by atoms with van der Waals surface area (Å²) in [6, 6.07) is 3.30. The van der Waals surface area contributed by atoms with E-state index in [0.717, 1.165) is 5.82 Å². The number of carbonyl (C=O) groups excluding carboxylic acids is 1. The molecular weight excluding hydrogens is 274 g/mol. The van der Waals surface area contributed by atoms with Gasteiger partial charge in [-0.25, -0.2) is 0 Å². The molecule has 0 unspecified atom stereocenters. The zero-order chi connectivity index (χ0) is 14.8. The van der Waals surface area contributed by atoms with Crippen LogP contribution in [-0.2, 0) is 13.1 Å². The predicted octanol–water partition coefficient (Wildman–Crippen LogP) is 0.346. The van der Waals surface area contributed by atoms with Crippen molar-refractivity contribution in [1.82, 2.24) is 24.6 Å². The summed E-state index contributed by atoms with van der Waals surface area (Å²) in [5.74, 6) is 1.29. The van der Waals surface area contributed by atoms with Crippen LogP contribution in [0.1, 0.15) is 16.2 Å². The van der Waals surface area contributed by atoms with Crippen molar-refractivity contribution in [2.24, 2.45) is 0 Å². The normalized spacial score (nSPS) is 13.7. The summed E-state index contributed by atoms with van der Waals surface area (Å²) in [5.41, 5.74) is 0.409. The van der Waals surface area contributed by atoms with Gasteiger partial charge in [0, 0.05) is 19.2 Å². The van der Waals surface area contributed by atoms with Gasteiger partial charge in [0.15, 0.2) is 5.82 Å². The van der Waals surface area contributed by atoms with Crippen molar-refractivity contribution < 1.29 is 14.3 Å². The molecule has 8 heteroatoms. The molecule has 0 spiro atoms. The van der Waals surface area contributed by atoms with Gasteiger partial charge < -0.3 is 18.9 Å². The third-order valence-corrected chi connectivity index (χ3v) is 3.39. The van der Waals surface area contributed by atoms with Crippen molar-refractivity contribution in [3.63, 3.8) is 0 Å². The Hall–Kier alpha value is -2.64. The molecule has 1 aliphatic rings. The summed E-state index contributed by atoms with van der Waals surface area (Å²) < 4.78 is 12.2. The molecule has 0 aliphatic carbocycles. The number of methoxy groups -OCH3 is 2. The van der Waals surface area contributed by atoms with Gasteiger partial charge in [-0.3, -0.25) is 4.79 Å². The number of amides is 1. The van der Waals surface area contributed by atoms with Crippen molar-refractivity contribution >= 4 is 5.91 Å². The molecule has 0 aromatic carbocycles. The topological polar surface area (TPSA) is 82.4 Å². The zero-order valence-corrected chi connectivity index (χ0v) is 11.8. The van der Waals surface area contributed by atoms with Crippen molar-refractivity contribution in [2.45, 2.75) is 13.1 Å². The van der Waals surface area contributed by atoms with Crippen molar-refractivity contribution in [3.8, 4) is 11.8 Å². The third-order valence-electron chi connectivity index (χ3n) is 3.39. The van der Waals surface area contributed by atoms with E-state index < -0.39 is 0 Å². The van der Waals surface area contributed by atoms with Crippen LogP contribution in [0.3, 0.4) is 0 Å². The summed E-state index contributed by atoms with van der Waals surface area (Å²) in [6.07, 6.45) is 1.67. The Labute approximate surface area is 121 Å². The Bertz CT molecular complexity index is 670. The maximum atomic E-state index is 12.6. The number of ether oxygens (including phenoxy) is 2. The lowest BCUT2D eigenvalue weighted by Gasteiger charge is -2.27. The number of nitrogens with zero attached hydrogens (tertiary/aromatic N) is 5. The lowest BCUT2D eigenvalue weighted by atomic mass is 10.2. The van der Waals surface area contributed by atoms with Gasteiger partial charge in [0.25, 0.3) is 5.91 Å². The fourth-order valence-electron chi connectivity index (χ4n) is 2.27. The van der Waals surface area contributed by atoms with Gasteiger partial charge in [0.1, 0.15) is 11.9 Å². The first-order valence-corrected chi connectivity index (χ1v) is 6.48. The molecule has 0 saturated heterocycles. The maximum absolute atomic E-state index is 12.6. The summed E-state index contributed by atoms with van der Waals surface area (Å²) in [4.78, 5) is 18.5. The number of carbonyl (C=O) groups is 1. The first kappa shape index (κ1) is 13.3. The van der Waals surface area contributed by atoms with Crippen LogP contribution in [0, 0.1) is 0 Å². The molecule has 21 heavy (non-hydrogen) atoms. The molecule has 1 amide bonds. The molecule has 0 saturated carbocycles. The van der Waals surface area contributed by atoms with E-state index >= 15 is 0 Å². The molecule has 0 atom stereocenters. The fourth-order valence-corrected chi connectivity index (χ4v) is 2.27. The van der Waals surface area contributed by atoms with Crippen LogP contribution < -0.4 is 9.47 Å². The highest BCUT2D eigenvalue weighted by molar-refractivity contribution is 5.96. The Morgan fingerprint density at radius 3 is 2.86 bits per heavy atom. The molecule has 3 rings (SSSR count). The molecule has 2 aromatic heterocycles. The minimum atomic E-state index is -0.142. The van der Waals surface area contributed by atoms with E-state index in [1.54, 1.807) is 23.4 Å². The monoisotopic (exact) mass is 289 g/mol. The van der Waals surface area contributed by atoms with Crippen molar-refractivity contribution in [3.05, 3.63) is 29.8 Å². The molecule has 0 N–H and O–H groups in total. The van der Waals surface area contributed by atoms with Crippen LogP contribution in [0.25, 0.3) is 0 Å². The largest absolute Gasteiger partial charge is 0.481 e. The van der Waals surface area contributed by atoms with Gasteiger partial charge in [0.05, 0.1) is 20.8 Å².